The van der Waals surface area contributed by atoms with Gasteiger partial charge in [-0.1, -0.05) is 0 Å². The van der Waals surface area contributed by atoms with E-state index >= 15 is 0 Å². The van der Waals surface area contributed by atoms with Crippen molar-refractivity contribution in [1.29, 1.82) is 0 Å². The van der Waals surface area contributed by atoms with Crippen molar-refractivity contribution in [3.8, 4) is 0 Å². The van der Waals surface area contributed by atoms with Crippen molar-refractivity contribution < 1.29 is 19.4 Å². The monoisotopic (exact) mass is 255 g/mol. The minimum absolute atomic E-state index is 0.215. The van der Waals surface area contributed by atoms with Gasteiger partial charge in [-0.2, -0.15) is 0 Å². The summed E-state index contributed by atoms with van der Waals surface area (Å²) in [5, 5.41) is 12.0. The molecule has 0 aromatic heterocycles. The Morgan fingerprint density at radius 1 is 1.22 bits per heavy atom. The fourth-order valence-corrected chi connectivity index (χ4v) is 3.30. The summed E-state index contributed by atoms with van der Waals surface area (Å²) in [5.74, 6) is -0.740. The number of fused-ring (bicyclic) bond motifs is 2. The number of carbonyl (C=O) groups is 2. The van der Waals surface area contributed by atoms with E-state index in [0.717, 1.165) is 19.3 Å². The lowest BCUT2D eigenvalue weighted by atomic mass is 9.84. The Morgan fingerprint density at radius 3 is 2.39 bits per heavy atom. The van der Waals surface area contributed by atoms with Crippen molar-refractivity contribution in [1.82, 2.24) is 5.32 Å². The number of carbonyl (C=O) groups excluding carboxylic acids is 1. The van der Waals surface area contributed by atoms with Gasteiger partial charge < -0.3 is 15.2 Å². The quantitative estimate of drug-likeness (QED) is 0.791. The molecule has 2 aliphatic carbocycles. The number of hydrogen-bond donors (Lipinski definition) is 2. The summed E-state index contributed by atoms with van der Waals surface area (Å²) >= 11 is 0. The molecule has 0 aromatic rings. The second-order valence-corrected chi connectivity index (χ2v) is 6.37. The van der Waals surface area contributed by atoms with Gasteiger partial charge in [-0.15, -0.1) is 0 Å². The Morgan fingerprint density at radius 2 is 1.83 bits per heavy atom. The van der Waals surface area contributed by atoms with Crippen LogP contribution in [0.1, 0.15) is 40.0 Å². The number of carboxylic acids is 1. The van der Waals surface area contributed by atoms with Crippen molar-refractivity contribution in [2.45, 2.75) is 51.7 Å². The van der Waals surface area contributed by atoms with Crippen LogP contribution in [-0.2, 0) is 9.53 Å². The number of aliphatic carboxylic acids is 1. The van der Waals surface area contributed by atoms with Gasteiger partial charge >= 0.3 is 12.1 Å². The molecule has 5 nitrogen and oxygen atoms in total. The maximum atomic E-state index is 11.7. The van der Waals surface area contributed by atoms with Crippen molar-refractivity contribution >= 4 is 12.1 Å². The van der Waals surface area contributed by atoms with Gasteiger partial charge in [0.25, 0.3) is 0 Å². The summed E-state index contributed by atoms with van der Waals surface area (Å²) in [7, 11) is 0. The summed E-state index contributed by atoms with van der Waals surface area (Å²) in [4.78, 5) is 23.0. The number of ether oxygens (including phenoxy) is 1. The first-order chi connectivity index (χ1) is 8.28. The highest BCUT2D eigenvalue weighted by Crippen LogP contribution is 2.48. The number of amides is 1. The molecule has 1 amide bonds. The third-order valence-corrected chi connectivity index (χ3v) is 3.88. The van der Waals surface area contributed by atoms with Gasteiger partial charge in [-0.05, 0) is 51.9 Å². The molecule has 0 spiro atoms. The zero-order valence-electron chi connectivity index (χ0n) is 11.1. The molecule has 0 saturated heterocycles. The number of hydrogen-bond acceptors (Lipinski definition) is 3. The predicted octanol–water partition coefficient (Wildman–Crippen LogP) is 2.01. The van der Waals surface area contributed by atoms with E-state index in [-0.39, 0.29) is 12.0 Å². The third kappa shape index (κ3) is 2.60. The fourth-order valence-electron chi connectivity index (χ4n) is 3.30. The molecule has 0 aromatic carbocycles. The average molecular weight is 255 g/mol. The number of carboxylic acid groups (broad SMARTS) is 1. The van der Waals surface area contributed by atoms with Crippen LogP contribution in [0.2, 0.25) is 0 Å². The van der Waals surface area contributed by atoms with Crippen LogP contribution in [0.4, 0.5) is 4.79 Å². The standard InChI is InChI=1S/C13H21NO4/c1-13(2,3)18-12(17)14-10-8-5-4-7(6-8)9(10)11(15)16/h7-10H,4-6H2,1-3H3,(H,14,17)(H,15,16)/t7-,8+,9+,10-/m0/s1. The Hall–Kier alpha value is -1.26. The summed E-state index contributed by atoms with van der Waals surface area (Å²) < 4.78 is 5.19. The first kappa shape index (κ1) is 13.2. The first-order valence-corrected chi connectivity index (χ1v) is 6.50. The van der Waals surface area contributed by atoms with Crippen LogP contribution in [0.5, 0.6) is 0 Å². The molecule has 4 atom stereocenters. The molecule has 2 N–H and O–H groups in total. The highest BCUT2D eigenvalue weighted by molar-refractivity contribution is 5.75. The van der Waals surface area contributed by atoms with Gasteiger partial charge in [0, 0.05) is 6.04 Å². The maximum Gasteiger partial charge on any atom is 0.407 e. The predicted molar refractivity (Wildman–Crippen MR) is 65.1 cm³/mol. The molecule has 2 aliphatic rings. The summed E-state index contributed by atoms with van der Waals surface area (Å²) in [6.45, 7) is 5.38. The van der Waals surface area contributed by atoms with E-state index < -0.39 is 23.6 Å². The van der Waals surface area contributed by atoms with Gasteiger partial charge in [0.05, 0.1) is 5.92 Å². The van der Waals surface area contributed by atoms with Gasteiger partial charge in [-0.25, -0.2) is 4.79 Å². The summed E-state index contributed by atoms with van der Waals surface area (Å²) in [6.07, 6.45) is 2.38. The van der Waals surface area contributed by atoms with Crippen molar-refractivity contribution in [3.05, 3.63) is 0 Å². The van der Waals surface area contributed by atoms with E-state index in [4.69, 9.17) is 4.74 Å². The van der Waals surface area contributed by atoms with E-state index in [0.29, 0.717) is 5.92 Å². The van der Waals surface area contributed by atoms with Crippen LogP contribution in [0.3, 0.4) is 0 Å². The highest BCUT2D eigenvalue weighted by Gasteiger charge is 2.51. The minimum Gasteiger partial charge on any atom is -0.481 e. The molecule has 2 fully saturated rings. The normalized spacial score (nSPS) is 34.4. The first-order valence-electron chi connectivity index (χ1n) is 6.50. The molecular formula is C13H21NO4. The van der Waals surface area contributed by atoms with Gasteiger partial charge in [0.15, 0.2) is 0 Å². The van der Waals surface area contributed by atoms with Crippen LogP contribution in [-0.4, -0.2) is 28.8 Å². The van der Waals surface area contributed by atoms with Crippen LogP contribution >= 0.6 is 0 Å². The molecule has 0 heterocycles. The zero-order valence-corrected chi connectivity index (χ0v) is 11.1. The lowest BCUT2D eigenvalue weighted by Gasteiger charge is -2.30. The molecule has 0 unspecified atom stereocenters. The molecule has 18 heavy (non-hydrogen) atoms. The summed E-state index contributed by atoms with van der Waals surface area (Å²) in [6, 6.07) is -0.268. The van der Waals surface area contributed by atoms with E-state index in [1.165, 1.54) is 0 Å². The summed E-state index contributed by atoms with van der Waals surface area (Å²) in [5.41, 5.74) is -0.555. The average Bonchev–Trinajstić information content (AvgIpc) is 2.73. The van der Waals surface area contributed by atoms with E-state index in [1.54, 1.807) is 20.8 Å². The van der Waals surface area contributed by atoms with Gasteiger partial charge in [0.1, 0.15) is 5.60 Å². The van der Waals surface area contributed by atoms with Crippen LogP contribution in [0.25, 0.3) is 0 Å². The minimum atomic E-state index is -0.803. The Balaban J connectivity index is 2.00. The number of alkyl carbamates (subject to hydrolysis) is 1. The largest absolute Gasteiger partial charge is 0.481 e. The number of nitrogens with one attached hydrogen (secondary N) is 1. The van der Waals surface area contributed by atoms with Gasteiger partial charge in [0.2, 0.25) is 0 Å². The van der Waals surface area contributed by atoms with E-state index in [9.17, 15) is 14.7 Å². The third-order valence-electron chi connectivity index (χ3n) is 3.88. The molecule has 0 radical (unpaired) electrons. The fraction of sp³-hybridized carbons (Fsp3) is 0.846. The molecular weight excluding hydrogens is 234 g/mol. The van der Waals surface area contributed by atoms with Crippen LogP contribution in [0.15, 0.2) is 0 Å². The second-order valence-electron chi connectivity index (χ2n) is 6.37. The van der Waals surface area contributed by atoms with Crippen molar-refractivity contribution in [3.63, 3.8) is 0 Å². The van der Waals surface area contributed by atoms with E-state index in [1.807, 2.05) is 0 Å². The smallest absolute Gasteiger partial charge is 0.407 e. The number of rotatable bonds is 2. The molecule has 2 bridgehead atoms. The molecule has 2 rings (SSSR count). The van der Waals surface area contributed by atoms with Crippen LogP contribution < -0.4 is 5.32 Å². The lowest BCUT2D eigenvalue weighted by molar-refractivity contribution is -0.144. The SMILES string of the molecule is CC(C)(C)OC(=O)N[C@H]1[C@@H]2CC[C@@H](C2)[C@H]1C(=O)O. The van der Waals surface area contributed by atoms with E-state index in [2.05, 4.69) is 5.32 Å². The Labute approximate surface area is 107 Å². The Kier molecular flexibility index (Phi) is 3.25. The highest BCUT2D eigenvalue weighted by atomic mass is 16.6. The second kappa shape index (κ2) is 4.44. The molecule has 2 saturated carbocycles. The molecule has 0 aliphatic heterocycles. The molecule has 102 valence electrons. The van der Waals surface area contributed by atoms with Gasteiger partial charge in [-0.3, -0.25) is 4.79 Å². The topological polar surface area (TPSA) is 75.6 Å². The van der Waals surface area contributed by atoms with Crippen molar-refractivity contribution in [2.24, 2.45) is 17.8 Å². The van der Waals surface area contributed by atoms with Crippen LogP contribution in [0, 0.1) is 17.8 Å². The molecule has 5 heteroatoms. The Bertz CT molecular complexity index is 360. The zero-order chi connectivity index (χ0) is 13.5. The van der Waals surface area contributed by atoms with Crippen molar-refractivity contribution in [2.75, 3.05) is 0 Å². The maximum absolute atomic E-state index is 11.7. The lowest BCUT2D eigenvalue weighted by Crippen LogP contribution is -2.48.